The predicted molar refractivity (Wildman–Crippen MR) is 313 cm³/mol. The molecule has 7 atom stereocenters. The van der Waals surface area contributed by atoms with Crippen molar-refractivity contribution in [2.45, 2.75) is 269 Å². The van der Waals surface area contributed by atoms with Crippen LogP contribution in [0.25, 0.3) is 0 Å². The molecule has 7 unspecified atom stereocenters. The van der Waals surface area contributed by atoms with Crippen molar-refractivity contribution in [3.05, 3.63) is 122 Å². The fourth-order valence-corrected chi connectivity index (χ4v) is 8.60. The zero-order chi connectivity index (χ0) is 53.6. The molecule has 0 radical (unpaired) electrons. The van der Waals surface area contributed by atoms with E-state index in [0.717, 1.165) is 83.5 Å². The molecule has 1 saturated heterocycles. The van der Waals surface area contributed by atoms with Gasteiger partial charge in [-0.1, -0.05) is 245 Å². The Labute approximate surface area is 452 Å². The number of ether oxygens (including phenoxy) is 2. The second-order valence-corrected chi connectivity index (χ2v) is 20.0. The summed E-state index contributed by atoms with van der Waals surface area (Å²) in [4.78, 5) is 13.1. The second-order valence-electron chi connectivity index (χ2n) is 20.0. The Balaban J connectivity index is 2.31. The molecule has 74 heavy (non-hydrogen) atoms. The van der Waals surface area contributed by atoms with Gasteiger partial charge in [0.15, 0.2) is 6.29 Å². The summed E-state index contributed by atoms with van der Waals surface area (Å²) < 4.78 is 11.2. The molecule has 1 aliphatic heterocycles. The smallest absolute Gasteiger partial charge is 0.220 e. The summed E-state index contributed by atoms with van der Waals surface area (Å²) in [6.07, 6.45) is 72.7. The summed E-state index contributed by atoms with van der Waals surface area (Å²) in [5, 5.41) is 54.5. The molecule has 1 amide bonds. The first-order valence-corrected chi connectivity index (χ1v) is 29.8. The lowest BCUT2D eigenvalue weighted by atomic mass is 9.99. The summed E-state index contributed by atoms with van der Waals surface area (Å²) in [5.74, 6) is -0.233. The van der Waals surface area contributed by atoms with E-state index in [1.54, 1.807) is 6.08 Å². The van der Waals surface area contributed by atoms with Gasteiger partial charge in [0.1, 0.15) is 24.4 Å². The molecular formula is C65H109NO8. The van der Waals surface area contributed by atoms with E-state index in [1.807, 2.05) is 6.08 Å². The third-order valence-corrected chi connectivity index (χ3v) is 13.3. The number of carbonyl (C=O) groups is 1. The van der Waals surface area contributed by atoms with Crippen molar-refractivity contribution in [1.29, 1.82) is 0 Å². The van der Waals surface area contributed by atoms with Gasteiger partial charge in [-0.15, -0.1) is 0 Å². The quantitative estimate of drug-likeness (QED) is 0.0261. The predicted octanol–water partition coefficient (Wildman–Crippen LogP) is 15.1. The van der Waals surface area contributed by atoms with Gasteiger partial charge in [-0.3, -0.25) is 4.79 Å². The number of aliphatic hydroxyl groups excluding tert-OH is 5. The number of rotatable bonds is 49. The van der Waals surface area contributed by atoms with Crippen LogP contribution >= 0.6 is 0 Å². The van der Waals surface area contributed by atoms with Crippen molar-refractivity contribution in [3.63, 3.8) is 0 Å². The molecule has 0 saturated carbocycles. The van der Waals surface area contributed by atoms with Crippen LogP contribution in [0, 0.1) is 0 Å². The topological polar surface area (TPSA) is 149 Å². The van der Waals surface area contributed by atoms with E-state index in [-0.39, 0.29) is 18.9 Å². The van der Waals surface area contributed by atoms with E-state index >= 15 is 0 Å². The number of amides is 1. The molecule has 9 heteroatoms. The lowest BCUT2D eigenvalue weighted by Crippen LogP contribution is -2.60. The van der Waals surface area contributed by atoms with E-state index in [2.05, 4.69) is 129 Å². The van der Waals surface area contributed by atoms with Gasteiger partial charge in [0.25, 0.3) is 0 Å². The summed E-state index contributed by atoms with van der Waals surface area (Å²) >= 11 is 0. The molecule has 9 nitrogen and oxygen atoms in total. The fraction of sp³-hybridized carbons (Fsp3) is 0.677. The van der Waals surface area contributed by atoms with Crippen LogP contribution in [0.5, 0.6) is 0 Å². The highest BCUT2D eigenvalue weighted by Gasteiger charge is 2.44. The van der Waals surface area contributed by atoms with Crippen LogP contribution in [0.2, 0.25) is 0 Å². The molecule has 1 fully saturated rings. The SMILES string of the molecule is CC/C=C\C/C=C\C/C=C\C/C=C\C/C=C\C/C=C\C/C=C\C/C=C\CCCCC(=O)NC(COC1OC(CO)C(O)C(O)C1O)C(O)/C=C/CC/C=C/CCCCCCCCCCCCCCCCCCCC. The molecule has 0 aliphatic carbocycles. The molecule has 0 aromatic carbocycles. The lowest BCUT2D eigenvalue weighted by molar-refractivity contribution is -0.302. The van der Waals surface area contributed by atoms with Crippen LogP contribution in [0.1, 0.15) is 226 Å². The van der Waals surface area contributed by atoms with Crippen LogP contribution < -0.4 is 5.32 Å². The van der Waals surface area contributed by atoms with Gasteiger partial charge in [0.2, 0.25) is 5.91 Å². The first kappa shape index (κ1) is 68.6. The van der Waals surface area contributed by atoms with E-state index < -0.39 is 49.5 Å². The van der Waals surface area contributed by atoms with Crippen molar-refractivity contribution >= 4 is 5.91 Å². The summed E-state index contributed by atoms with van der Waals surface area (Å²) in [7, 11) is 0. The number of allylic oxidation sites excluding steroid dienone is 19. The van der Waals surface area contributed by atoms with Crippen LogP contribution in [-0.4, -0.2) is 87.5 Å². The van der Waals surface area contributed by atoms with Gasteiger partial charge in [0, 0.05) is 6.42 Å². The lowest BCUT2D eigenvalue weighted by Gasteiger charge is -2.40. The molecule has 422 valence electrons. The molecule has 1 aliphatic rings. The molecular weight excluding hydrogens is 923 g/mol. The van der Waals surface area contributed by atoms with Crippen molar-refractivity contribution < 1.29 is 39.8 Å². The third-order valence-electron chi connectivity index (χ3n) is 13.3. The third kappa shape index (κ3) is 41.8. The largest absolute Gasteiger partial charge is 0.394 e. The first-order chi connectivity index (χ1) is 36.3. The average molecular weight is 1030 g/mol. The standard InChI is InChI=1S/C65H109NO8/c1-3-5-7-9-11-13-15-17-19-21-23-25-27-29-30-31-33-35-37-39-41-43-45-47-49-51-53-55-61(69)66-58(57-73-65-64(72)63(71)62(70)60(56-67)74-65)59(68)54-52-50-48-46-44-42-40-38-36-34-32-28-26-24-22-20-18-16-14-12-10-8-6-4-2/h5,7,11,13,17,19,23,25,29-30,33,35,39,41,44-47,52,54,58-60,62-65,67-68,70-72H,3-4,6,8-10,12,14-16,18,20-22,24,26-28,31-32,34,36-38,40,42-43,48-51,53,55-57H2,1-2H3,(H,66,69)/b7-5-,13-11-,19-17-,25-23-,30-29-,35-33-,41-39-,46-44+,47-45-,54-52+. The Morgan fingerprint density at radius 3 is 1.30 bits per heavy atom. The molecule has 0 spiro atoms. The minimum absolute atomic E-state index is 0.227. The maximum absolute atomic E-state index is 13.1. The normalized spacial score (nSPS) is 19.9. The Bertz CT molecular complexity index is 1570. The maximum Gasteiger partial charge on any atom is 0.220 e. The van der Waals surface area contributed by atoms with Gasteiger partial charge >= 0.3 is 0 Å². The second kappa shape index (κ2) is 53.0. The zero-order valence-corrected chi connectivity index (χ0v) is 46.8. The van der Waals surface area contributed by atoms with Gasteiger partial charge in [-0.25, -0.2) is 0 Å². The van der Waals surface area contributed by atoms with Crippen LogP contribution in [-0.2, 0) is 14.3 Å². The molecule has 6 N–H and O–H groups in total. The Hall–Kier alpha value is -3.41. The molecule has 1 heterocycles. The number of nitrogens with one attached hydrogen (secondary N) is 1. The average Bonchev–Trinajstić information content (AvgIpc) is 3.40. The van der Waals surface area contributed by atoms with Crippen LogP contribution in [0.3, 0.4) is 0 Å². The highest BCUT2D eigenvalue weighted by molar-refractivity contribution is 5.76. The van der Waals surface area contributed by atoms with Crippen molar-refractivity contribution in [2.75, 3.05) is 13.2 Å². The number of hydrogen-bond donors (Lipinski definition) is 6. The van der Waals surface area contributed by atoms with Crippen molar-refractivity contribution in [2.24, 2.45) is 0 Å². The minimum atomic E-state index is -1.59. The van der Waals surface area contributed by atoms with E-state index in [4.69, 9.17) is 9.47 Å². The minimum Gasteiger partial charge on any atom is -0.394 e. The van der Waals surface area contributed by atoms with Crippen LogP contribution in [0.15, 0.2) is 122 Å². The van der Waals surface area contributed by atoms with E-state index in [1.165, 1.54) is 116 Å². The highest BCUT2D eigenvalue weighted by atomic mass is 16.7. The van der Waals surface area contributed by atoms with E-state index in [0.29, 0.717) is 6.42 Å². The molecule has 1 rings (SSSR count). The highest BCUT2D eigenvalue weighted by Crippen LogP contribution is 2.23. The summed E-state index contributed by atoms with van der Waals surface area (Å²) in [6.45, 7) is 3.63. The number of hydrogen-bond acceptors (Lipinski definition) is 8. The monoisotopic (exact) mass is 1030 g/mol. The van der Waals surface area contributed by atoms with Crippen LogP contribution in [0.4, 0.5) is 0 Å². The fourth-order valence-electron chi connectivity index (χ4n) is 8.60. The van der Waals surface area contributed by atoms with Crippen molar-refractivity contribution in [3.8, 4) is 0 Å². The van der Waals surface area contributed by atoms with Gasteiger partial charge in [-0.05, 0) is 96.3 Å². The van der Waals surface area contributed by atoms with Gasteiger partial charge in [-0.2, -0.15) is 0 Å². The Morgan fingerprint density at radius 2 is 0.851 bits per heavy atom. The number of carbonyl (C=O) groups excluding carboxylic acids is 1. The summed E-state index contributed by atoms with van der Waals surface area (Å²) in [5.41, 5.74) is 0. The Kier molecular flexibility index (Phi) is 49.1. The molecule has 0 aromatic heterocycles. The maximum atomic E-state index is 13.1. The zero-order valence-electron chi connectivity index (χ0n) is 46.8. The first-order valence-electron chi connectivity index (χ1n) is 29.8. The van der Waals surface area contributed by atoms with Gasteiger partial charge < -0.3 is 40.3 Å². The number of aliphatic hydroxyl groups is 5. The van der Waals surface area contributed by atoms with Crippen molar-refractivity contribution in [1.82, 2.24) is 5.32 Å². The summed E-state index contributed by atoms with van der Waals surface area (Å²) in [6, 6.07) is -0.856. The number of unbranched alkanes of at least 4 members (excludes halogenated alkanes) is 21. The van der Waals surface area contributed by atoms with E-state index in [9.17, 15) is 30.3 Å². The molecule has 0 aromatic rings. The molecule has 0 bridgehead atoms. The Morgan fingerprint density at radius 1 is 0.473 bits per heavy atom. The van der Waals surface area contributed by atoms with Gasteiger partial charge in [0.05, 0.1) is 25.4 Å².